The quantitative estimate of drug-likeness (QED) is 0.256. The van der Waals surface area contributed by atoms with Crippen molar-refractivity contribution in [3.8, 4) is 5.75 Å². The van der Waals surface area contributed by atoms with Crippen molar-refractivity contribution in [3.63, 3.8) is 0 Å². The molecule has 2 aromatic heterocycles. The molecule has 5 rings (SSSR count). The van der Waals surface area contributed by atoms with E-state index in [2.05, 4.69) is 33.5 Å². The number of likely N-dealkylation sites (N-methyl/N-ethyl adjacent to an activating group) is 1. The lowest BCUT2D eigenvalue weighted by molar-refractivity contribution is 0.0841. The zero-order chi connectivity index (χ0) is 30.3. The van der Waals surface area contributed by atoms with E-state index in [0.29, 0.717) is 49.5 Å². The van der Waals surface area contributed by atoms with Gasteiger partial charge in [-0.15, -0.1) is 0 Å². The maximum absolute atomic E-state index is 13.2. The number of pyridine rings is 1. The SMILES string of the molecule is COCCN(C)c1cc(C(=O)NCC(O)CN2CCc3c(ccc(OCc4ocnc4C)c3C)C2)cc(NC2CCC2)n1. The average molecular weight is 593 g/mol. The number of oxazole rings is 1. The molecule has 1 fully saturated rings. The van der Waals surface area contributed by atoms with E-state index in [1.54, 1.807) is 19.2 Å². The molecule has 1 aromatic carbocycles. The molecule has 232 valence electrons. The Bertz CT molecular complexity index is 1390. The molecule has 0 bridgehead atoms. The minimum absolute atomic E-state index is 0.164. The number of rotatable bonds is 14. The fourth-order valence-corrected chi connectivity index (χ4v) is 5.49. The minimum atomic E-state index is -0.697. The van der Waals surface area contributed by atoms with Crippen molar-refractivity contribution in [1.82, 2.24) is 20.2 Å². The van der Waals surface area contributed by atoms with E-state index in [0.717, 1.165) is 55.1 Å². The summed E-state index contributed by atoms with van der Waals surface area (Å²) in [5.74, 6) is 2.75. The van der Waals surface area contributed by atoms with Crippen molar-refractivity contribution in [1.29, 1.82) is 0 Å². The van der Waals surface area contributed by atoms with Gasteiger partial charge in [-0.05, 0) is 74.4 Å². The normalized spacial score (nSPS) is 15.8. The van der Waals surface area contributed by atoms with Gasteiger partial charge in [-0.2, -0.15) is 0 Å². The van der Waals surface area contributed by atoms with Crippen LogP contribution in [0.2, 0.25) is 0 Å². The number of amides is 1. The van der Waals surface area contributed by atoms with Gasteiger partial charge in [-0.25, -0.2) is 9.97 Å². The predicted octanol–water partition coefficient (Wildman–Crippen LogP) is 3.46. The Morgan fingerprint density at radius 1 is 1.28 bits per heavy atom. The molecule has 3 heterocycles. The van der Waals surface area contributed by atoms with Gasteiger partial charge in [-0.3, -0.25) is 9.69 Å². The number of nitrogens with zero attached hydrogens (tertiary/aromatic N) is 4. The van der Waals surface area contributed by atoms with E-state index in [-0.39, 0.29) is 12.5 Å². The lowest BCUT2D eigenvalue weighted by Gasteiger charge is -2.31. The Hall–Kier alpha value is -3.67. The number of methoxy groups -OCH3 is 1. The lowest BCUT2D eigenvalue weighted by Crippen LogP contribution is -2.42. The van der Waals surface area contributed by atoms with E-state index in [1.165, 1.54) is 23.9 Å². The average Bonchev–Trinajstić information content (AvgIpc) is 3.40. The van der Waals surface area contributed by atoms with Crippen LogP contribution in [-0.2, 0) is 24.3 Å². The van der Waals surface area contributed by atoms with Crippen molar-refractivity contribution in [3.05, 3.63) is 64.4 Å². The van der Waals surface area contributed by atoms with Crippen molar-refractivity contribution >= 4 is 17.5 Å². The van der Waals surface area contributed by atoms with Gasteiger partial charge in [0.05, 0.1) is 18.4 Å². The zero-order valence-corrected chi connectivity index (χ0v) is 25.7. The topological polar surface area (TPSA) is 125 Å². The second kappa shape index (κ2) is 14.2. The summed E-state index contributed by atoms with van der Waals surface area (Å²) < 4.78 is 16.6. The number of carbonyl (C=O) groups is 1. The molecule has 1 unspecified atom stereocenters. The Morgan fingerprint density at radius 2 is 2.12 bits per heavy atom. The second-order valence-electron chi connectivity index (χ2n) is 11.6. The summed E-state index contributed by atoms with van der Waals surface area (Å²) in [6.45, 7) is 7.75. The number of aromatic nitrogens is 2. The Kier molecular flexibility index (Phi) is 10.2. The summed E-state index contributed by atoms with van der Waals surface area (Å²) >= 11 is 0. The van der Waals surface area contributed by atoms with Gasteiger partial charge in [-0.1, -0.05) is 6.07 Å². The Morgan fingerprint density at radius 3 is 2.84 bits per heavy atom. The lowest BCUT2D eigenvalue weighted by atomic mass is 9.93. The van der Waals surface area contributed by atoms with Crippen LogP contribution in [0.5, 0.6) is 5.75 Å². The summed E-state index contributed by atoms with van der Waals surface area (Å²) in [5.41, 5.74) is 5.01. The van der Waals surface area contributed by atoms with Crippen LogP contribution in [0.15, 0.2) is 35.1 Å². The van der Waals surface area contributed by atoms with Crippen molar-refractivity contribution < 1.29 is 23.8 Å². The predicted molar refractivity (Wildman–Crippen MR) is 165 cm³/mol. The summed E-state index contributed by atoms with van der Waals surface area (Å²) in [6.07, 6.45) is 5.03. The van der Waals surface area contributed by atoms with Gasteiger partial charge in [0.1, 0.15) is 24.0 Å². The molecule has 43 heavy (non-hydrogen) atoms. The zero-order valence-electron chi connectivity index (χ0n) is 25.7. The third-order valence-electron chi connectivity index (χ3n) is 8.44. The van der Waals surface area contributed by atoms with E-state index in [9.17, 15) is 9.90 Å². The number of benzene rings is 1. The molecule has 0 spiro atoms. The number of fused-ring (bicyclic) bond motifs is 1. The molecule has 1 saturated carbocycles. The first kappa shape index (κ1) is 30.8. The van der Waals surface area contributed by atoms with Gasteiger partial charge >= 0.3 is 0 Å². The first-order chi connectivity index (χ1) is 20.8. The maximum Gasteiger partial charge on any atom is 0.251 e. The summed E-state index contributed by atoms with van der Waals surface area (Å²) in [6, 6.07) is 8.08. The van der Waals surface area contributed by atoms with Crippen LogP contribution >= 0.6 is 0 Å². The van der Waals surface area contributed by atoms with Crippen LogP contribution in [0.4, 0.5) is 11.6 Å². The number of hydrogen-bond donors (Lipinski definition) is 3. The molecule has 3 N–H and O–H groups in total. The van der Waals surface area contributed by atoms with Gasteiger partial charge < -0.3 is 34.5 Å². The molecule has 0 radical (unpaired) electrons. The molecular formula is C32H44N6O5. The van der Waals surface area contributed by atoms with Crippen molar-refractivity contribution in [2.45, 2.75) is 64.8 Å². The first-order valence-electron chi connectivity index (χ1n) is 15.1. The van der Waals surface area contributed by atoms with E-state index >= 15 is 0 Å². The molecule has 1 atom stereocenters. The summed E-state index contributed by atoms with van der Waals surface area (Å²) in [4.78, 5) is 26.2. The van der Waals surface area contributed by atoms with E-state index in [1.807, 2.05) is 24.9 Å². The number of aliphatic hydroxyl groups excluding tert-OH is 1. The molecule has 11 heteroatoms. The number of aryl methyl sites for hydroxylation is 1. The summed E-state index contributed by atoms with van der Waals surface area (Å²) in [7, 11) is 3.60. The Labute approximate surface area is 253 Å². The standard InChI is InChI=1S/C32H44N6O5/c1-21-27-10-11-38(17-23(27)8-9-28(21)42-19-29-22(2)34-20-43-29)18-26(39)16-33-32(40)24-14-30(35-25-6-5-7-25)36-31(15-24)37(3)12-13-41-4/h8-9,14-15,20,25-26,39H,5-7,10-13,16-19H2,1-4H3,(H,33,40)(H,35,36). The number of carbonyl (C=O) groups excluding carboxylic acids is 1. The van der Waals surface area contributed by atoms with Gasteiger partial charge in [0.25, 0.3) is 5.91 Å². The van der Waals surface area contributed by atoms with Crippen LogP contribution in [0.25, 0.3) is 0 Å². The number of anilines is 2. The van der Waals surface area contributed by atoms with Gasteiger partial charge in [0, 0.05) is 58.5 Å². The molecule has 0 saturated heterocycles. The summed E-state index contributed by atoms with van der Waals surface area (Å²) in [5, 5.41) is 17.2. The van der Waals surface area contributed by atoms with Crippen LogP contribution < -0.4 is 20.3 Å². The molecule has 11 nitrogen and oxygen atoms in total. The number of β-amino-alcohol motifs (C(OH)–C–C–N with tert-alkyl or cyclic N) is 1. The number of hydrogen-bond acceptors (Lipinski definition) is 10. The van der Waals surface area contributed by atoms with Gasteiger partial charge in [0.15, 0.2) is 12.2 Å². The minimum Gasteiger partial charge on any atom is -0.485 e. The highest BCUT2D eigenvalue weighted by atomic mass is 16.5. The highest BCUT2D eigenvalue weighted by Crippen LogP contribution is 2.30. The van der Waals surface area contributed by atoms with Crippen LogP contribution in [-0.4, -0.2) is 85.0 Å². The van der Waals surface area contributed by atoms with Crippen LogP contribution in [0.3, 0.4) is 0 Å². The highest BCUT2D eigenvalue weighted by molar-refractivity contribution is 5.95. The molecule has 1 amide bonds. The smallest absolute Gasteiger partial charge is 0.251 e. The monoisotopic (exact) mass is 592 g/mol. The Balaban J connectivity index is 1.15. The van der Waals surface area contributed by atoms with E-state index < -0.39 is 6.10 Å². The third-order valence-corrected chi connectivity index (χ3v) is 8.44. The first-order valence-corrected chi connectivity index (χ1v) is 15.1. The molecule has 2 aliphatic rings. The van der Waals surface area contributed by atoms with E-state index in [4.69, 9.17) is 18.9 Å². The number of aliphatic hydroxyl groups is 1. The number of nitrogens with one attached hydrogen (secondary N) is 2. The van der Waals surface area contributed by atoms with Crippen LogP contribution in [0, 0.1) is 13.8 Å². The van der Waals surface area contributed by atoms with Crippen LogP contribution in [0.1, 0.15) is 57.8 Å². The largest absolute Gasteiger partial charge is 0.485 e. The third kappa shape index (κ3) is 7.84. The fourth-order valence-electron chi connectivity index (χ4n) is 5.49. The number of ether oxygens (including phenoxy) is 2. The maximum atomic E-state index is 13.2. The molecule has 1 aliphatic carbocycles. The van der Waals surface area contributed by atoms with Crippen molar-refractivity contribution in [2.75, 3.05) is 57.2 Å². The molecule has 1 aliphatic heterocycles. The fraction of sp³-hybridized carbons (Fsp3) is 0.531. The molecular weight excluding hydrogens is 548 g/mol. The van der Waals surface area contributed by atoms with Crippen molar-refractivity contribution in [2.24, 2.45) is 0 Å². The second-order valence-corrected chi connectivity index (χ2v) is 11.6. The van der Waals surface area contributed by atoms with Gasteiger partial charge in [0.2, 0.25) is 0 Å². The highest BCUT2D eigenvalue weighted by Gasteiger charge is 2.23. The molecule has 3 aromatic rings.